The fourth-order valence-electron chi connectivity index (χ4n) is 4.31. The molecule has 1 aromatic carbocycles. The number of nitrogens with one attached hydrogen (secondary N) is 1. The average Bonchev–Trinajstić information content (AvgIpc) is 3.18. The summed E-state index contributed by atoms with van der Waals surface area (Å²) in [6.07, 6.45) is 4.62. The van der Waals surface area contributed by atoms with Crippen LogP contribution in [0.25, 0.3) is 0 Å². The zero-order chi connectivity index (χ0) is 20.1. The van der Waals surface area contributed by atoms with E-state index in [-0.39, 0.29) is 17.7 Å². The van der Waals surface area contributed by atoms with Crippen LogP contribution in [0.3, 0.4) is 0 Å². The molecule has 1 aromatic rings. The molecule has 0 saturated carbocycles. The van der Waals surface area contributed by atoms with E-state index in [4.69, 9.17) is 0 Å². The van der Waals surface area contributed by atoms with Crippen molar-refractivity contribution in [3.8, 4) is 0 Å². The smallest absolute Gasteiger partial charge is 0.232 e. The third-order valence-corrected chi connectivity index (χ3v) is 6.33. The highest BCUT2D eigenvalue weighted by Crippen LogP contribution is 2.29. The lowest BCUT2D eigenvalue weighted by atomic mass is 9.83. The van der Waals surface area contributed by atoms with Crippen molar-refractivity contribution in [1.29, 1.82) is 0 Å². The van der Waals surface area contributed by atoms with Crippen molar-refractivity contribution in [2.75, 3.05) is 39.3 Å². The lowest BCUT2D eigenvalue weighted by Gasteiger charge is -2.30. The highest BCUT2D eigenvalue weighted by Gasteiger charge is 2.38. The van der Waals surface area contributed by atoms with Crippen LogP contribution in [0.5, 0.6) is 0 Å². The Morgan fingerprint density at radius 2 is 1.75 bits per heavy atom. The maximum atomic E-state index is 13.1. The number of piperidine rings is 1. The largest absolute Gasteiger partial charge is 0.355 e. The summed E-state index contributed by atoms with van der Waals surface area (Å²) in [5.74, 6) is 0.125. The molecule has 1 atom stereocenters. The van der Waals surface area contributed by atoms with Gasteiger partial charge in [-0.1, -0.05) is 36.2 Å². The van der Waals surface area contributed by atoms with Crippen LogP contribution in [0.2, 0.25) is 0 Å². The van der Waals surface area contributed by atoms with Gasteiger partial charge in [0.25, 0.3) is 0 Å². The van der Waals surface area contributed by atoms with Crippen LogP contribution in [0.1, 0.15) is 50.7 Å². The number of likely N-dealkylation sites (tertiary alicyclic amines) is 2. The van der Waals surface area contributed by atoms with Crippen LogP contribution < -0.4 is 5.32 Å². The summed E-state index contributed by atoms with van der Waals surface area (Å²) in [5.41, 5.74) is 1.64. The minimum atomic E-state index is -0.576. The van der Waals surface area contributed by atoms with Gasteiger partial charge >= 0.3 is 0 Å². The van der Waals surface area contributed by atoms with Crippen molar-refractivity contribution >= 4 is 11.8 Å². The number of hydrogen-bond acceptors (Lipinski definition) is 3. The summed E-state index contributed by atoms with van der Waals surface area (Å²) in [4.78, 5) is 30.0. The first-order chi connectivity index (χ1) is 13.4. The summed E-state index contributed by atoms with van der Waals surface area (Å²) in [6, 6.07) is 8.17. The van der Waals surface area contributed by atoms with E-state index in [1.54, 1.807) is 0 Å². The molecule has 3 rings (SSSR count). The Kier molecular flexibility index (Phi) is 6.76. The SMILES string of the molecule is Cc1ccc(C(C)(C)C(=O)N2CCC(C(=O)NCCN3CCCCC3)C2)cc1. The van der Waals surface area contributed by atoms with Crippen molar-refractivity contribution in [2.24, 2.45) is 5.92 Å². The molecule has 2 heterocycles. The lowest BCUT2D eigenvalue weighted by Crippen LogP contribution is -2.44. The monoisotopic (exact) mass is 385 g/mol. The molecule has 2 saturated heterocycles. The van der Waals surface area contributed by atoms with Gasteiger partial charge in [0, 0.05) is 26.2 Å². The molecule has 28 heavy (non-hydrogen) atoms. The highest BCUT2D eigenvalue weighted by molar-refractivity contribution is 5.89. The van der Waals surface area contributed by atoms with E-state index < -0.39 is 5.41 Å². The van der Waals surface area contributed by atoms with Crippen LogP contribution in [-0.2, 0) is 15.0 Å². The van der Waals surface area contributed by atoms with Gasteiger partial charge in [0.1, 0.15) is 0 Å². The lowest BCUT2D eigenvalue weighted by molar-refractivity contribution is -0.135. The molecule has 0 spiro atoms. The Hall–Kier alpha value is -1.88. The Labute approximate surface area is 169 Å². The Balaban J connectivity index is 1.48. The summed E-state index contributed by atoms with van der Waals surface area (Å²) < 4.78 is 0. The normalized spacial score (nSPS) is 21.0. The minimum absolute atomic E-state index is 0.0841. The van der Waals surface area contributed by atoms with Gasteiger partial charge in [-0.2, -0.15) is 0 Å². The number of nitrogens with zero attached hydrogens (tertiary/aromatic N) is 2. The minimum Gasteiger partial charge on any atom is -0.355 e. The van der Waals surface area contributed by atoms with Crippen LogP contribution in [0, 0.1) is 12.8 Å². The third kappa shape index (κ3) is 4.93. The van der Waals surface area contributed by atoms with Gasteiger partial charge in [0.05, 0.1) is 11.3 Å². The van der Waals surface area contributed by atoms with E-state index in [0.717, 1.165) is 31.6 Å². The first-order valence-corrected chi connectivity index (χ1v) is 10.7. The van der Waals surface area contributed by atoms with Gasteiger partial charge in [0.2, 0.25) is 11.8 Å². The molecule has 5 nitrogen and oxygen atoms in total. The van der Waals surface area contributed by atoms with Gasteiger partial charge in [-0.05, 0) is 58.7 Å². The molecule has 0 aliphatic carbocycles. The zero-order valence-electron chi connectivity index (χ0n) is 17.7. The number of benzene rings is 1. The van der Waals surface area contributed by atoms with E-state index in [9.17, 15) is 9.59 Å². The number of aryl methyl sites for hydroxylation is 1. The molecule has 0 radical (unpaired) electrons. The van der Waals surface area contributed by atoms with E-state index in [1.165, 1.54) is 24.8 Å². The fourth-order valence-corrected chi connectivity index (χ4v) is 4.31. The molecule has 2 fully saturated rings. The summed E-state index contributed by atoms with van der Waals surface area (Å²) in [5, 5.41) is 3.09. The molecule has 1 N–H and O–H groups in total. The van der Waals surface area contributed by atoms with Crippen LogP contribution in [0.4, 0.5) is 0 Å². The number of carbonyl (C=O) groups is 2. The van der Waals surface area contributed by atoms with Crippen molar-refractivity contribution in [3.63, 3.8) is 0 Å². The molecule has 0 aromatic heterocycles. The topological polar surface area (TPSA) is 52.7 Å². The highest BCUT2D eigenvalue weighted by atomic mass is 16.2. The standard InChI is InChI=1S/C23H35N3O2/c1-18-7-9-20(10-8-18)23(2,3)22(28)26-15-11-19(17-26)21(27)24-12-16-25-13-5-4-6-14-25/h7-10,19H,4-6,11-17H2,1-3H3,(H,24,27). The third-order valence-electron chi connectivity index (χ3n) is 6.33. The predicted octanol–water partition coefficient (Wildman–Crippen LogP) is 2.72. The number of hydrogen-bond donors (Lipinski definition) is 1. The van der Waals surface area contributed by atoms with Gasteiger partial charge in [-0.25, -0.2) is 0 Å². The molecule has 2 amide bonds. The van der Waals surface area contributed by atoms with E-state index in [2.05, 4.69) is 10.2 Å². The maximum Gasteiger partial charge on any atom is 0.232 e. The summed E-state index contributed by atoms with van der Waals surface area (Å²) in [6.45, 7) is 11.1. The van der Waals surface area contributed by atoms with Crippen molar-refractivity contribution in [3.05, 3.63) is 35.4 Å². The van der Waals surface area contributed by atoms with Gasteiger partial charge in [0.15, 0.2) is 0 Å². The van der Waals surface area contributed by atoms with Crippen LogP contribution in [0.15, 0.2) is 24.3 Å². The Morgan fingerprint density at radius 1 is 1.07 bits per heavy atom. The second-order valence-electron chi connectivity index (χ2n) is 8.92. The van der Waals surface area contributed by atoms with Crippen molar-refractivity contribution in [2.45, 2.75) is 51.9 Å². The van der Waals surface area contributed by atoms with Gasteiger partial charge < -0.3 is 15.1 Å². The van der Waals surface area contributed by atoms with Crippen molar-refractivity contribution in [1.82, 2.24) is 15.1 Å². The van der Waals surface area contributed by atoms with E-state index in [1.807, 2.05) is 49.9 Å². The molecular weight excluding hydrogens is 350 g/mol. The van der Waals surface area contributed by atoms with E-state index in [0.29, 0.717) is 19.6 Å². The molecule has 2 aliphatic rings. The number of rotatable bonds is 6. The van der Waals surface area contributed by atoms with Crippen molar-refractivity contribution < 1.29 is 9.59 Å². The van der Waals surface area contributed by atoms with Crippen LogP contribution >= 0.6 is 0 Å². The molecule has 154 valence electrons. The Bertz CT molecular complexity index is 678. The Morgan fingerprint density at radius 3 is 2.43 bits per heavy atom. The predicted molar refractivity (Wildman–Crippen MR) is 112 cm³/mol. The fraction of sp³-hybridized carbons (Fsp3) is 0.652. The quantitative estimate of drug-likeness (QED) is 0.819. The van der Waals surface area contributed by atoms with Gasteiger partial charge in [-0.3, -0.25) is 9.59 Å². The summed E-state index contributed by atoms with van der Waals surface area (Å²) >= 11 is 0. The molecule has 2 aliphatic heterocycles. The second-order valence-corrected chi connectivity index (χ2v) is 8.92. The summed E-state index contributed by atoms with van der Waals surface area (Å²) in [7, 11) is 0. The molecular formula is C23H35N3O2. The van der Waals surface area contributed by atoms with E-state index >= 15 is 0 Å². The first-order valence-electron chi connectivity index (χ1n) is 10.7. The average molecular weight is 386 g/mol. The second kappa shape index (κ2) is 9.08. The number of amides is 2. The number of carbonyl (C=O) groups excluding carboxylic acids is 2. The molecule has 0 bridgehead atoms. The molecule has 1 unspecified atom stereocenters. The van der Waals surface area contributed by atoms with Crippen LogP contribution in [-0.4, -0.2) is 60.9 Å². The first kappa shape index (κ1) is 20.8. The molecule has 5 heteroatoms. The zero-order valence-corrected chi connectivity index (χ0v) is 17.7. The van der Waals surface area contributed by atoms with Gasteiger partial charge in [-0.15, -0.1) is 0 Å². The maximum absolute atomic E-state index is 13.1.